The second-order valence-electron chi connectivity index (χ2n) is 5.73. The molecule has 0 radical (unpaired) electrons. The Morgan fingerprint density at radius 1 is 1.17 bits per heavy atom. The van der Waals surface area contributed by atoms with Crippen molar-refractivity contribution in [3.8, 4) is 5.75 Å². The summed E-state index contributed by atoms with van der Waals surface area (Å²) in [6.07, 6.45) is -0.829. The number of aliphatic hydroxyl groups excluding tert-OH is 1. The zero-order valence-electron chi connectivity index (χ0n) is 13.8. The molecule has 0 saturated heterocycles. The highest BCUT2D eigenvalue weighted by molar-refractivity contribution is 5.35. The fraction of sp³-hybridized carbons (Fsp3) is 0.333. The molecule has 0 aliphatic carbocycles. The fourth-order valence-corrected chi connectivity index (χ4v) is 2.73. The molecule has 0 heterocycles. The van der Waals surface area contributed by atoms with E-state index in [0.29, 0.717) is 18.7 Å². The average molecular weight is 330 g/mol. The van der Waals surface area contributed by atoms with Crippen LogP contribution < -0.4 is 0 Å². The molecule has 2 unspecified atom stereocenters. The minimum atomic E-state index is -0.829. The van der Waals surface area contributed by atoms with E-state index in [4.69, 9.17) is 0 Å². The average Bonchev–Trinajstić information content (AvgIpc) is 2.59. The summed E-state index contributed by atoms with van der Waals surface area (Å²) in [5, 5.41) is 31.0. The topological polar surface area (TPSA) is 86.8 Å². The summed E-state index contributed by atoms with van der Waals surface area (Å²) in [6, 6.07) is 13.1. The molecule has 128 valence electrons. The second-order valence-corrected chi connectivity index (χ2v) is 5.73. The van der Waals surface area contributed by atoms with E-state index in [0.717, 1.165) is 5.56 Å². The quantitative estimate of drug-likeness (QED) is 0.600. The third kappa shape index (κ3) is 4.31. The number of phenols is 1. The van der Waals surface area contributed by atoms with E-state index in [-0.39, 0.29) is 17.5 Å². The van der Waals surface area contributed by atoms with Crippen LogP contribution in [0.5, 0.6) is 5.75 Å². The first-order chi connectivity index (χ1) is 11.4. The molecule has 0 aliphatic rings. The molecule has 2 atom stereocenters. The van der Waals surface area contributed by atoms with Crippen LogP contribution in [0.25, 0.3) is 0 Å². The summed E-state index contributed by atoms with van der Waals surface area (Å²) >= 11 is 0. The third-order valence-corrected chi connectivity index (χ3v) is 4.18. The molecule has 0 fully saturated rings. The summed E-state index contributed by atoms with van der Waals surface area (Å²) < 4.78 is 0. The summed E-state index contributed by atoms with van der Waals surface area (Å²) in [4.78, 5) is 12.5. The number of non-ortho nitro benzene ring substituents is 1. The van der Waals surface area contributed by atoms with Crippen molar-refractivity contribution in [2.75, 3.05) is 13.1 Å². The number of nitro benzene ring substituents is 1. The highest BCUT2D eigenvalue weighted by Gasteiger charge is 2.20. The van der Waals surface area contributed by atoms with Crippen molar-refractivity contribution >= 4 is 5.69 Å². The number of nitrogens with zero attached hydrogens (tertiary/aromatic N) is 2. The van der Waals surface area contributed by atoms with Crippen LogP contribution in [0.2, 0.25) is 0 Å². The van der Waals surface area contributed by atoms with Gasteiger partial charge in [-0.3, -0.25) is 15.0 Å². The predicted octanol–water partition coefficient (Wildman–Crippen LogP) is 3.42. The number of likely N-dealkylation sites (N-methyl/N-ethyl adjacent to an activating group) is 1. The van der Waals surface area contributed by atoms with Crippen molar-refractivity contribution in [3.05, 3.63) is 69.8 Å². The fourth-order valence-electron chi connectivity index (χ4n) is 2.73. The lowest BCUT2D eigenvalue weighted by molar-refractivity contribution is -0.385. The lowest BCUT2D eigenvalue weighted by Gasteiger charge is -2.30. The molecule has 24 heavy (non-hydrogen) atoms. The molecule has 2 aromatic carbocycles. The normalized spacial score (nSPS) is 13.7. The summed E-state index contributed by atoms with van der Waals surface area (Å²) in [5.74, 6) is 0.203. The predicted molar refractivity (Wildman–Crippen MR) is 91.8 cm³/mol. The third-order valence-electron chi connectivity index (χ3n) is 4.18. The zero-order chi connectivity index (χ0) is 17.7. The Morgan fingerprint density at radius 2 is 1.83 bits per heavy atom. The number of benzene rings is 2. The highest BCUT2D eigenvalue weighted by atomic mass is 16.6. The van der Waals surface area contributed by atoms with Crippen LogP contribution in [0.4, 0.5) is 5.69 Å². The number of aromatic hydroxyl groups is 1. The number of aliphatic hydroxyl groups is 1. The number of nitro groups is 1. The van der Waals surface area contributed by atoms with Gasteiger partial charge in [0.05, 0.1) is 11.0 Å². The Labute approximate surface area is 141 Å². The van der Waals surface area contributed by atoms with Gasteiger partial charge in [-0.05, 0) is 36.7 Å². The van der Waals surface area contributed by atoms with E-state index >= 15 is 0 Å². The van der Waals surface area contributed by atoms with Crippen LogP contribution >= 0.6 is 0 Å². The van der Waals surface area contributed by atoms with E-state index < -0.39 is 11.0 Å². The van der Waals surface area contributed by atoms with Crippen LogP contribution in [-0.2, 0) is 0 Å². The summed E-state index contributed by atoms with van der Waals surface area (Å²) in [7, 11) is 0. The van der Waals surface area contributed by atoms with Crippen molar-refractivity contribution in [1.29, 1.82) is 0 Å². The van der Waals surface area contributed by atoms with Gasteiger partial charge in [-0.25, -0.2) is 0 Å². The Balaban J connectivity index is 2.14. The van der Waals surface area contributed by atoms with Gasteiger partial charge in [-0.2, -0.15) is 0 Å². The zero-order valence-corrected chi connectivity index (χ0v) is 13.8. The molecular formula is C18H22N2O4. The van der Waals surface area contributed by atoms with E-state index in [1.807, 2.05) is 19.9 Å². The van der Waals surface area contributed by atoms with Crippen molar-refractivity contribution in [2.45, 2.75) is 26.0 Å². The van der Waals surface area contributed by atoms with Gasteiger partial charge in [-0.15, -0.1) is 0 Å². The molecule has 0 bridgehead atoms. The van der Waals surface area contributed by atoms with E-state index in [9.17, 15) is 20.3 Å². The Bertz CT molecular complexity index is 705. The first-order valence-corrected chi connectivity index (χ1v) is 7.87. The lowest BCUT2D eigenvalue weighted by Crippen LogP contribution is -2.31. The van der Waals surface area contributed by atoms with Crippen LogP contribution in [0.1, 0.15) is 37.1 Å². The maximum absolute atomic E-state index is 10.9. The van der Waals surface area contributed by atoms with Crippen LogP contribution in [0.3, 0.4) is 0 Å². The van der Waals surface area contributed by atoms with Gasteiger partial charge in [-0.1, -0.05) is 31.2 Å². The number of phenolic OH excluding ortho intramolecular Hbond substituents is 1. The largest absolute Gasteiger partial charge is 0.508 e. The Hall–Kier alpha value is -2.44. The number of hydrogen-bond donors (Lipinski definition) is 2. The van der Waals surface area contributed by atoms with E-state index in [2.05, 4.69) is 4.90 Å². The van der Waals surface area contributed by atoms with Crippen LogP contribution in [0, 0.1) is 10.1 Å². The molecule has 2 rings (SSSR count). The van der Waals surface area contributed by atoms with Gasteiger partial charge in [0.2, 0.25) is 0 Å². The summed E-state index contributed by atoms with van der Waals surface area (Å²) in [6.45, 7) is 5.02. The first-order valence-electron chi connectivity index (χ1n) is 7.87. The number of rotatable bonds is 7. The molecule has 2 N–H and O–H groups in total. The Kier molecular flexibility index (Phi) is 5.89. The van der Waals surface area contributed by atoms with Crippen molar-refractivity contribution in [2.24, 2.45) is 0 Å². The van der Waals surface area contributed by atoms with Crippen LogP contribution in [-0.4, -0.2) is 33.1 Å². The van der Waals surface area contributed by atoms with Gasteiger partial charge in [0.15, 0.2) is 0 Å². The molecule has 0 amide bonds. The minimum absolute atomic E-state index is 0.00421. The monoisotopic (exact) mass is 330 g/mol. The molecular weight excluding hydrogens is 308 g/mol. The Morgan fingerprint density at radius 3 is 2.46 bits per heavy atom. The van der Waals surface area contributed by atoms with Gasteiger partial charge in [0.25, 0.3) is 5.69 Å². The highest BCUT2D eigenvalue weighted by Crippen LogP contribution is 2.26. The minimum Gasteiger partial charge on any atom is -0.508 e. The number of hydrogen-bond acceptors (Lipinski definition) is 5. The van der Waals surface area contributed by atoms with Crippen molar-refractivity contribution in [3.63, 3.8) is 0 Å². The smallest absolute Gasteiger partial charge is 0.269 e. The molecule has 2 aromatic rings. The first kappa shape index (κ1) is 17.9. The van der Waals surface area contributed by atoms with Gasteiger partial charge in [0.1, 0.15) is 5.75 Å². The van der Waals surface area contributed by atoms with E-state index in [1.54, 1.807) is 30.3 Å². The van der Waals surface area contributed by atoms with Gasteiger partial charge < -0.3 is 10.2 Å². The van der Waals surface area contributed by atoms with Crippen molar-refractivity contribution in [1.82, 2.24) is 4.90 Å². The van der Waals surface area contributed by atoms with Crippen molar-refractivity contribution < 1.29 is 15.1 Å². The molecule has 0 aliphatic heterocycles. The van der Waals surface area contributed by atoms with E-state index in [1.165, 1.54) is 12.1 Å². The summed E-state index contributed by atoms with van der Waals surface area (Å²) in [5.41, 5.74) is 1.43. The molecule has 0 aromatic heterocycles. The SMILES string of the molecule is CCN(CC(O)c1cccc([N+](=O)[O-])c1)C(C)c1cccc(O)c1. The maximum atomic E-state index is 10.9. The molecule has 0 spiro atoms. The lowest BCUT2D eigenvalue weighted by atomic mass is 10.0. The van der Waals surface area contributed by atoms with Gasteiger partial charge >= 0.3 is 0 Å². The van der Waals surface area contributed by atoms with Gasteiger partial charge in [0, 0.05) is 24.7 Å². The standard InChI is InChI=1S/C18H22N2O4/c1-3-19(13(2)14-6-5-9-17(21)11-14)12-18(22)15-7-4-8-16(10-15)20(23)24/h4-11,13,18,21-22H,3,12H2,1-2H3. The maximum Gasteiger partial charge on any atom is 0.269 e. The molecule has 0 saturated carbocycles. The second kappa shape index (κ2) is 7.90. The molecule has 6 heteroatoms. The van der Waals surface area contributed by atoms with Crippen LogP contribution in [0.15, 0.2) is 48.5 Å². The molecule has 6 nitrogen and oxygen atoms in total.